The van der Waals surface area contributed by atoms with Crippen molar-refractivity contribution in [1.29, 1.82) is 0 Å². The van der Waals surface area contributed by atoms with Gasteiger partial charge in [0.25, 0.3) is 0 Å². The molecule has 1 amide bonds. The zero-order chi connectivity index (χ0) is 13.8. The van der Waals surface area contributed by atoms with Crippen LogP contribution in [0.5, 0.6) is 0 Å². The number of nitrogens with one attached hydrogen (secondary N) is 1. The summed E-state index contributed by atoms with van der Waals surface area (Å²) >= 11 is 0. The van der Waals surface area contributed by atoms with Crippen LogP contribution in [0.2, 0.25) is 0 Å². The van der Waals surface area contributed by atoms with E-state index in [1.54, 1.807) is 0 Å². The summed E-state index contributed by atoms with van der Waals surface area (Å²) in [5.74, 6) is -0.0574. The number of carbonyl (C=O) groups is 2. The van der Waals surface area contributed by atoms with Crippen molar-refractivity contribution in [3.05, 3.63) is 0 Å². The number of hydrogen-bond acceptors (Lipinski definition) is 3. The molecule has 2 heterocycles. The molecule has 0 aromatic carbocycles. The Morgan fingerprint density at radius 2 is 2.16 bits per heavy atom. The maximum absolute atomic E-state index is 12.3. The van der Waals surface area contributed by atoms with Crippen LogP contribution in [0.3, 0.4) is 0 Å². The van der Waals surface area contributed by atoms with Crippen LogP contribution in [0.15, 0.2) is 0 Å². The second-order valence-electron chi connectivity index (χ2n) is 5.91. The van der Waals surface area contributed by atoms with Gasteiger partial charge in [-0.05, 0) is 44.1 Å². The second-order valence-corrected chi connectivity index (χ2v) is 5.91. The number of likely N-dealkylation sites (tertiary alicyclic amines) is 1. The average Bonchev–Trinajstić information content (AvgIpc) is 2.91. The smallest absolute Gasteiger partial charge is 0.303 e. The molecule has 0 saturated carbocycles. The van der Waals surface area contributed by atoms with Crippen LogP contribution >= 0.6 is 0 Å². The predicted molar refractivity (Wildman–Crippen MR) is 71.7 cm³/mol. The summed E-state index contributed by atoms with van der Waals surface area (Å²) in [4.78, 5) is 25.1. The largest absolute Gasteiger partial charge is 0.481 e. The van der Waals surface area contributed by atoms with Gasteiger partial charge in [0, 0.05) is 19.5 Å². The maximum atomic E-state index is 12.3. The van der Waals surface area contributed by atoms with E-state index in [1.165, 1.54) is 0 Å². The summed E-state index contributed by atoms with van der Waals surface area (Å²) in [5.41, 5.74) is 0. The minimum Gasteiger partial charge on any atom is -0.481 e. The Labute approximate surface area is 114 Å². The normalized spacial score (nSPS) is 29.2. The fourth-order valence-corrected chi connectivity index (χ4v) is 3.23. The zero-order valence-corrected chi connectivity index (χ0v) is 11.6. The number of carbonyl (C=O) groups excluding carboxylic acids is 1. The van der Waals surface area contributed by atoms with Gasteiger partial charge >= 0.3 is 5.97 Å². The fourth-order valence-electron chi connectivity index (χ4n) is 3.23. The van der Waals surface area contributed by atoms with Gasteiger partial charge in [0.05, 0.1) is 6.04 Å². The topological polar surface area (TPSA) is 69.6 Å². The van der Waals surface area contributed by atoms with E-state index in [1.807, 2.05) is 11.8 Å². The van der Waals surface area contributed by atoms with E-state index in [0.717, 1.165) is 45.3 Å². The van der Waals surface area contributed by atoms with Crippen LogP contribution < -0.4 is 5.32 Å². The quantitative estimate of drug-likeness (QED) is 0.800. The molecule has 5 nitrogen and oxygen atoms in total. The number of rotatable bonds is 4. The highest BCUT2D eigenvalue weighted by Gasteiger charge is 2.32. The molecule has 2 aliphatic rings. The van der Waals surface area contributed by atoms with E-state index in [-0.39, 0.29) is 24.3 Å². The second kappa shape index (κ2) is 6.37. The third kappa shape index (κ3) is 3.69. The number of aliphatic carboxylic acids is 1. The van der Waals surface area contributed by atoms with Crippen LogP contribution in [0, 0.1) is 11.8 Å². The van der Waals surface area contributed by atoms with Gasteiger partial charge in [-0.25, -0.2) is 0 Å². The van der Waals surface area contributed by atoms with Crippen molar-refractivity contribution in [2.45, 2.75) is 45.1 Å². The SMILES string of the molecule is CC(CC(=O)O)C1CCCN(C(=O)C2CCCN2)C1. The lowest BCUT2D eigenvalue weighted by Gasteiger charge is -2.36. The van der Waals surface area contributed by atoms with Crippen LogP contribution in [0.4, 0.5) is 0 Å². The summed E-state index contributed by atoms with van der Waals surface area (Å²) in [7, 11) is 0. The molecule has 19 heavy (non-hydrogen) atoms. The van der Waals surface area contributed by atoms with E-state index in [4.69, 9.17) is 5.11 Å². The molecule has 2 N–H and O–H groups in total. The molecule has 0 aromatic heterocycles. The fraction of sp³-hybridized carbons (Fsp3) is 0.857. The molecule has 108 valence electrons. The van der Waals surface area contributed by atoms with Gasteiger partial charge in [0.2, 0.25) is 5.91 Å². The number of nitrogens with zero attached hydrogens (tertiary/aromatic N) is 1. The standard InChI is InChI=1S/C14H24N2O3/c1-10(8-13(17)18)11-4-3-7-16(9-11)14(19)12-5-2-6-15-12/h10-12,15H,2-9H2,1H3,(H,17,18). The predicted octanol–water partition coefficient (Wildman–Crippen LogP) is 1.09. The number of carboxylic acid groups (broad SMARTS) is 1. The van der Waals surface area contributed by atoms with Crippen molar-refractivity contribution in [3.63, 3.8) is 0 Å². The highest BCUT2D eigenvalue weighted by atomic mass is 16.4. The molecule has 2 aliphatic heterocycles. The van der Waals surface area contributed by atoms with Crippen LogP contribution in [-0.4, -0.2) is 47.6 Å². The van der Waals surface area contributed by atoms with Gasteiger partial charge in [-0.3, -0.25) is 9.59 Å². The molecular weight excluding hydrogens is 244 g/mol. The van der Waals surface area contributed by atoms with Gasteiger partial charge in [-0.2, -0.15) is 0 Å². The number of piperidine rings is 1. The van der Waals surface area contributed by atoms with Crippen molar-refractivity contribution in [3.8, 4) is 0 Å². The molecule has 2 fully saturated rings. The summed E-state index contributed by atoms with van der Waals surface area (Å²) in [6, 6.07) is -0.00599. The Morgan fingerprint density at radius 3 is 2.79 bits per heavy atom. The molecule has 0 radical (unpaired) electrons. The molecule has 5 heteroatoms. The Bertz CT molecular complexity index is 340. The third-order valence-corrected chi connectivity index (χ3v) is 4.43. The molecule has 0 aromatic rings. The Balaban J connectivity index is 1.89. The van der Waals surface area contributed by atoms with E-state index < -0.39 is 5.97 Å². The minimum atomic E-state index is -0.742. The van der Waals surface area contributed by atoms with Crippen LogP contribution in [0.25, 0.3) is 0 Å². The Morgan fingerprint density at radius 1 is 1.37 bits per heavy atom. The lowest BCUT2D eigenvalue weighted by Crippen LogP contribution is -2.48. The maximum Gasteiger partial charge on any atom is 0.303 e. The first-order chi connectivity index (χ1) is 9.08. The third-order valence-electron chi connectivity index (χ3n) is 4.43. The summed E-state index contributed by atoms with van der Waals surface area (Å²) < 4.78 is 0. The molecule has 0 bridgehead atoms. The summed E-state index contributed by atoms with van der Waals surface area (Å²) in [5, 5.41) is 12.1. The molecule has 0 spiro atoms. The number of carboxylic acids is 1. The zero-order valence-electron chi connectivity index (χ0n) is 11.6. The highest BCUT2D eigenvalue weighted by Crippen LogP contribution is 2.27. The van der Waals surface area contributed by atoms with Crippen LogP contribution in [-0.2, 0) is 9.59 Å². The van der Waals surface area contributed by atoms with Crippen molar-refractivity contribution < 1.29 is 14.7 Å². The molecule has 3 unspecified atom stereocenters. The summed E-state index contributed by atoms with van der Waals surface area (Å²) in [6.45, 7) is 4.47. The van der Waals surface area contributed by atoms with E-state index in [9.17, 15) is 9.59 Å². The van der Waals surface area contributed by atoms with E-state index in [0.29, 0.717) is 5.92 Å². The monoisotopic (exact) mass is 268 g/mol. The van der Waals surface area contributed by atoms with Gasteiger partial charge in [-0.1, -0.05) is 6.92 Å². The van der Waals surface area contributed by atoms with Crippen molar-refractivity contribution >= 4 is 11.9 Å². The molecule has 2 saturated heterocycles. The van der Waals surface area contributed by atoms with Gasteiger partial charge in [0.1, 0.15) is 0 Å². The Kier molecular flexibility index (Phi) is 4.80. The van der Waals surface area contributed by atoms with Crippen LogP contribution in [0.1, 0.15) is 39.0 Å². The molecular formula is C14H24N2O3. The lowest BCUT2D eigenvalue weighted by molar-refractivity contribution is -0.138. The molecule has 0 aliphatic carbocycles. The van der Waals surface area contributed by atoms with E-state index >= 15 is 0 Å². The first-order valence-electron chi connectivity index (χ1n) is 7.32. The van der Waals surface area contributed by atoms with Crippen molar-refractivity contribution in [2.75, 3.05) is 19.6 Å². The first-order valence-corrected chi connectivity index (χ1v) is 7.32. The van der Waals surface area contributed by atoms with E-state index in [2.05, 4.69) is 5.32 Å². The van der Waals surface area contributed by atoms with Gasteiger partial charge in [-0.15, -0.1) is 0 Å². The van der Waals surface area contributed by atoms with Gasteiger partial charge < -0.3 is 15.3 Å². The van der Waals surface area contributed by atoms with Crippen molar-refractivity contribution in [1.82, 2.24) is 10.2 Å². The highest BCUT2D eigenvalue weighted by molar-refractivity contribution is 5.82. The van der Waals surface area contributed by atoms with Gasteiger partial charge in [0.15, 0.2) is 0 Å². The average molecular weight is 268 g/mol. The minimum absolute atomic E-state index is 0.00599. The summed E-state index contributed by atoms with van der Waals surface area (Å²) in [6.07, 6.45) is 4.24. The molecule has 2 rings (SSSR count). The number of amides is 1. The number of hydrogen-bond donors (Lipinski definition) is 2. The Hall–Kier alpha value is -1.10. The first kappa shape index (κ1) is 14.3. The van der Waals surface area contributed by atoms with Crippen molar-refractivity contribution in [2.24, 2.45) is 11.8 Å². The lowest BCUT2D eigenvalue weighted by atomic mass is 9.84. The molecule has 3 atom stereocenters.